The summed E-state index contributed by atoms with van der Waals surface area (Å²) in [5, 5.41) is 7.69. The Balaban J connectivity index is 3.00. The highest BCUT2D eigenvalue weighted by molar-refractivity contribution is 7.95. The van der Waals surface area contributed by atoms with Gasteiger partial charge in [-0.15, -0.1) is 0 Å². The summed E-state index contributed by atoms with van der Waals surface area (Å²) in [6, 6.07) is -0.519. The highest BCUT2D eigenvalue weighted by atomic mass is 32.2. The van der Waals surface area contributed by atoms with E-state index >= 15 is 0 Å². The van der Waals surface area contributed by atoms with Crippen molar-refractivity contribution < 1.29 is 26.7 Å². The molecule has 1 N–H and O–H groups in total. The number of nitrogens with zero attached hydrogens (tertiary/aromatic N) is 1. The normalized spacial score (nSPS) is 23.7. The summed E-state index contributed by atoms with van der Waals surface area (Å²) in [6.07, 6.45) is 0.0352. The standard InChI is InChI=1S/C9H17NO6S2/c1-7(2)10(5-9(11)12)18(15,16)8-3-4-17(13,14)6-8/h7-8H,3-6H2,1-2H3,(H,11,12). The van der Waals surface area contributed by atoms with Crippen LogP contribution < -0.4 is 0 Å². The van der Waals surface area contributed by atoms with Gasteiger partial charge in [0, 0.05) is 6.04 Å². The molecule has 0 bridgehead atoms. The third-order valence-corrected chi connectivity index (χ3v) is 7.23. The molecule has 1 atom stereocenters. The molecular formula is C9H17NO6S2. The van der Waals surface area contributed by atoms with Crippen LogP contribution in [0.2, 0.25) is 0 Å². The molecule has 0 spiro atoms. The van der Waals surface area contributed by atoms with E-state index in [2.05, 4.69) is 0 Å². The largest absolute Gasteiger partial charge is 0.480 e. The van der Waals surface area contributed by atoms with Crippen LogP contribution in [0.4, 0.5) is 0 Å². The van der Waals surface area contributed by atoms with Gasteiger partial charge in [0.25, 0.3) is 0 Å². The first-order valence-electron chi connectivity index (χ1n) is 5.49. The fourth-order valence-electron chi connectivity index (χ4n) is 1.89. The van der Waals surface area contributed by atoms with Crippen molar-refractivity contribution >= 4 is 25.8 Å². The molecular weight excluding hydrogens is 282 g/mol. The minimum atomic E-state index is -3.89. The van der Waals surface area contributed by atoms with Crippen molar-refractivity contribution in [3.63, 3.8) is 0 Å². The minimum Gasteiger partial charge on any atom is -0.480 e. The Kier molecular flexibility index (Phi) is 4.39. The van der Waals surface area contributed by atoms with Crippen LogP contribution in [0.1, 0.15) is 20.3 Å². The quantitative estimate of drug-likeness (QED) is 0.719. The first-order chi connectivity index (χ1) is 8.06. The van der Waals surface area contributed by atoms with Crippen molar-refractivity contribution in [3.05, 3.63) is 0 Å². The summed E-state index contributed by atoms with van der Waals surface area (Å²) in [5.74, 6) is -1.83. The summed E-state index contributed by atoms with van der Waals surface area (Å²) >= 11 is 0. The Morgan fingerprint density at radius 2 is 2.00 bits per heavy atom. The molecule has 0 radical (unpaired) electrons. The molecule has 1 fully saturated rings. The first kappa shape index (κ1) is 15.4. The molecule has 9 heteroatoms. The lowest BCUT2D eigenvalue weighted by atomic mass is 10.4. The van der Waals surface area contributed by atoms with E-state index in [1.165, 1.54) is 0 Å². The lowest BCUT2D eigenvalue weighted by molar-refractivity contribution is -0.137. The van der Waals surface area contributed by atoms with E-state index in [0.717, 1.165) is 4.31 Å². The fourth-order valence-corrected chi connectivity index (χ4v) is 6.57. The SMILES string of the molecule is CC(C)N(CC(=O)O)S(=O)(=O)C1CCS(=O)(=O)C1. The van der Waals surface area contributed by atoms with Gasteiger partial charge in [0.05, 0.1) is 16.8 Å². The molecule has 1 aliphatic heterocycles. The second kappa shape index (κ2) is 5.14. The summed E-state index contributed by atoms with van der Waals surface area (Å²) in [6.45, 7) is 2.48. The van der Waals surface area contributed by atoms with E-state index < -0.39 is 49.4 Å². The second-order valence-electron chi connectivity index (χ2n) is 4.60. The Hall–Kier alpha value is -0.670. The van der Waals surface area contributed by atoms with Crippen LogP contribution in [0.15, 0.2) is 0 Å². The molecule has 0 aliphatic carbocycles. The van der Waals surface area contributed by atoms with Crippen molar-refractivity contribution in [3.8, 4) is 0 Å². The van der Waals surface area contributed by atoms with Crippen LogP contribution in [-0.2, 0) is 24.7 Å². The maximum absolute atomic E-state index is 12.2. The van der Waals surface area contributed by atoms with E-state index in [4.69, 9.17) is 5.11 Å². The first-order valence-corrected chi connectivity index (χ1v) is 8.81. The monoisotopic (exact) mass is 299 g/mol. The molecule has 1 saturated heterocycles. The molecule has 1 unspecified atom stereocenters. The van der Waals surface area contributed by atoms with E-state index in [9.17, 15) is 21.6 Å². The van der Waals surface area contributed by atoms with Crippen molar-refractivity contribution in [2.24, 2.45) is 0 Å². The predicted octanol–water partition coefficient (Wildman–Crippen LogP) is -0.702. The average Bonchev–Trinajstić information content (AvgIpc) is 2.55. The number of hydrogen-bond acceptors (Lipinski definition) is 5. The van der Waals surface area contributed by atoms with Crippen molar-refractivity contribution in [1.29, 1.82) is 0 Å². The van der Waals surface area contributed by atoms with E-state index in [1.807, 2.05) is 0 Å². The molecule has 0 aromatic heterocycles. The molecule has 0 aromatic carbocycles. The van der Waals surface area contributed by atoms with Gasteiger partial charge in [0.15, 0.2) is 9.84 Å². The van der Waals surface area contributed by atoms with Crippen LogP contribution in [0, 0.1) is 0 Å². The van der Waals surface area contributed by atoms with E-state index in [1.54, 1.807) is 13.8 Å². The van der Waals surface area contributed by atoms with Gasteiger partial charge in [-0.05, 0) is 20.3 Å². The Morgan fingerprint density at radius 1 is 1.44 bits per heavy atom. The predicted molar refractivity (Wildman–Crippen MR) is 65.5 cm³/mol. The Morgan fingerprint density at radius 3 is 2.33 bits per heavy atom. The lowest BCUT2D eigenvalue weighted by Crippen LogP contribution is -2.45. The van der Waals surface area contributed by atoms with Gasteiger partial charge in [-0.1, -0.05) is 0 Å². The van der Waals surface area contributed by atoms with Crippen LogP contribution in [0.3, 0.4) is 0 Å². The zero-order chi connectivity index (χ0) is 14.1. The highest BCUT2D eigenvalue weighted by Gasteiger charge is 2.41. The number of hydrogen-bond donors (Lipinski definition) is 1. The number of carbonyl (C=O) groups is 1. The molecule has 0 aromatic rings. The van der Waals surface area contributed by atoms with Gasteiger partial charge in [0.1, 0.15) is 6.54 Å². The number of carboxylic acid groups (broad SMARTS) is 1. The summed E-state index contributed by atoms with van der Waals surface area (Å²) < 4.78 is 47.8. The van der Waals surface area contributed by atoms with Gasteiger partial charge in [-0.3, -0.25) is 4.79 Å². The summed E-state index contributed by atoms with van der Waals surface area (Å²) in [4.78, 5) is 10.7. The van der Waals surface area contributed by atoms with Crippen LogP contribution >= 0.6 is 0 Å². The molecule has 1 rings (SSSR count). The van der Waals surface area contributed by atoms with Gasteiger partial charge in [-0.2, -0.15) is 4.31 Å². The van der Waals surface area contributed by atoms with Crippen molar-refractivity contribution in [2.45, 2.75) is 31.6 Å². The number of aliphatic carboxylic acids is 1. The summed E-state index contributed by atoms with van der Waals surface area (Å²) in [7, 11) is -7.21. The molecule has 0 amide bonds. The van der Waals surface area contributed by atoms with Crippen LogP contribution in [0.25, 0.3) is 0 Å². The zero-order valence-electron chi connectivity index (χ0n) is 10.2. The number of carboxylic acids is 1. The Labute approximate surface area is 107 Å². The average molecular weight is 299 g/mol. The summed E-state index contributed by atoms with van der Waals surface area (Å²) in [5.41, 5.74) is 0. The zero-order valence-corrected chi connectivity index (χ0v) is 11.9. The van der Waals surface area contributed by atoms with Gasteiger partial charge in [-0.25, -0.2) is 16.8 Å². The smallest absolute Gasteiger partial charge is 0.318 e. The van der Waals surface area contributed by atoms with E-state index in [0.29, 0.717) is 0 Å². The maximum Gasteiger partial charge on any atom is 0.318 e. The third-order valence-electron chi connectivity index (χ3n) is 2.81. The fraction of sp³-hybridized carbons (Fsp3) is 0.889. The van der Waals surface area contributed by atoms with Crippen molar-refractivity contribution in [1.82, 2.24) is 4.31 Å². The maximum atomic E-state index is 12.2. The van der Waals surface area contributed by atoms with Gasteiger partial charge < -0.3 is 5.11 Å². The molecule has 0 saturated carbocycles. The Bertz CT molecular complexity index is 521. The second-order valence-corrected chi connectivity index (χ2v) is 9.00. The molecule has 106 valence electrons. The highest BCUT2D eigenvalue weighted by Crippen LogP contribution is 2.23. The minimum absolute atomic E-state index is 0.0352. The van der Waals surface area contributed by atoms with Gasteiger partial charge in [0.2, 0.25) is 10.0 Å². The lowest BCUT2D eigenvalue weighted by Gasteiger charge is -2.26. The number of rotatable bonds is 5. The molecule has 1 heterocycles. The van der Waals surface area contributed by atoms with Crippen LogP contribution in [-0.4, -0.2) is 61.6 Å². The third kappa shape index (κ3) is 3.42. The topological polar surface area (TPSA) is 109 Å². The van der Waals surface area contributed by atoms with Crippen LogP contribution in [0.5, 0.6) is 0 Å². The van der Waals surface area contributed by atoms with E-state index in [-0.39, 0.29) is 12.2 Å². The van der Waals surface area contributed by atoms with Crippen molar-refractivity contribution in [2.75, 3.05) is 18.1 Å². The number of sulfone groups is 1. The molecule has 18 heavy (non-hydrogen) atoms. The van der Waals surface area contributed by atoms with Gasteiger partial charge >= 0.3 is 5.97 Å². The molecule has 7 nitrogen and oxygen atoms in total. The molecule has 1 aliphatic rings. The number of sulfonamides is 1.